The minimum Gasteiger partial charge on any atom is -0.368 e. The van der Waals surface area contributed by atoms with Gasteiger partial charge in [-0.3, -0.25) is 18.4 Å². The largest absolute Gasteiger partial charge is 0.368 e. The maximum atomic E-state index is 12.6. The van der Waals surface area contributed by atoms with Crippen LogP contribution < -0.4 is 5.73 Å². The van der Waals surface area contributed by atoms with Gasteiger partial charge in [0.05, 0.1) is 32.2 Å². The van der Waals surface area contributed by atoms with Crippen molar-refractivity contribution < 1.29 is 13.8 Å². The van der Waals surface area contributed by atoms with Gasteiger partial charge < -0.3 is 10.6 Å². The molecule has 0 radical (unpaired) electrons. The molecule has 0 bridgehead atoms. The predicted molar refractivity (Wildman–Crippen MR) is 105 cm³/mol. The minimum absolute atomic E-state index is 0.183. The van der Waals surface area contributed by atoms with Crippen molar-refractivity contribution in [1.82, 2.24) is 19.4 Å². The Kier molecular flexibility index (Phi) is 5.38. The Morgan fingerprint density at radius 3 is 2.56 bits per heavy atom. The van der Waals surface area contributed by atoms with Crippen LogP contribution in [-0.2, 0) is 15.6 Å². The molecule has 2 aromatic heterocycles. The molecule has 0 aliphatic rings. The standard InChI is InChI=1S/C17H16BrN5O3S/c1-22(9-15(19)24)16(25)10-3-4-12-13(5-10)23(8-14(12)27(2)26)17-20-6-11(18)7-21-17/h3-8H,9H2,1-2H3,(H2,19,24). The monoisotopic (exact) mass is 449 g/mol. The lowest BCUT2D eigenvalue weighted by molar-refractivity contribution is -0.118. The van der Waals surface area contributed by atoms with Gasteiger partial charge in [-0.2, -0.15) is 0 Å². The van der Waals surface area contributed by atoms with E-state index in [0.717, 1.165) is 9.86 Å². The number of nitrogens with two attached hydrogens (primary N) is 1. The Balaban J connectivity index is 2.15. The van der Waals surface area contributed by atoms with Gasteiger partial charge in [0.1, 0.15) is 0 Å². The van der Waals surface area contributed by atoms with Crippen molar-refractivity contribution in [2.75, 3.05) is 19.8 Å². The summed E-state index contributed by atoms with van der Waals surface area (Å²) < 4.78 is 14.5. The summed E-state index contributed by atoms with van der Waals surface area (Å²) in [6.07, 6.45) is 6.49. The molecule has 3 aromatic rings. The van der Waals surface area contributed by atoms with E-state index in [1.54, 1.807) is 47.6 Å². The molecule has 1 aromatic carbocycles. The smallest absolute Gasteiger partial charge is 0.254 e. The molecule has 0 aliphatic heterocycles. The lowest BCUT2D eigenvalue weighted by Crippen LogP contribution is -2.35. The number of primary amides is 1. The highest BCUT2D eigenvalue weighted by Gasteiger charge is 2.18. The molecule has 2 amide bonds. The van der Waals surface area contributed by atoms with Gasteiger partial charge in [0.15, 0.2) is 0 Å². The van der Waals surface area contributed by atoms with Crippen molar-refractivity contribution >= 4 is 49.4 Å². The third kappa shape index (κ3) is 3.91. The van der Waals surface area contributed by atoms with Crippen LogP contribution in [0.1, 0.15) is 10.4 Å². The van der Waals surface area contributed by atoms with Gasteiger partial charge >= 0.3 is 0 Å². The fraction of sp³-hybridized carbons (Fsp3) is 0.176. The predicted octanol–water partition coefficient (Wildman–Crippen LogP) is 1.48. The van der Waals surface area contributed by atoms with Crippen molar-refractivity contribution in [2.45, 2.75) is 4.90 Å². The van der Waals surface area contributed by atoms with E-state index in [-0.39, 0.29) is 12.5 Å². The van der Waals surface area contributed by atoms with Gasteiger partial charge in [-0.05, 0) is 28.1 Å². The number of halogens is 1. The molecule has 8 nitrogen and oxygen atoms in total. The number of carbonyl (C=O) groups excluding carboxylic acids is 2. The number of nitrogens with zero attached hydrogens (tertiary/aromatic N) is 4. The fourth-order valence-electron chi connectivity index (χ4n) is 2.68. The maximum absolute atomic E-state index is 12.6. The average molecular weight is 450 g/mol. The molecule has 27 heavy (non-hydrogen) atoms. The van der Waals surface area contributed by atoms with Gasteiger partial charge in [-0.15, -0.1) is 0 Å². The normalized spacial score (nSPS) is 12.1. The van der Waals surface area contributed by atoms with E-state index < -0.39 is 16.7 Å². The van der Waals surface area contributed by atoms with Crippen molar-refractivity contribution in [2.24, 2.45) is 5.73 Å². The van der Waals surface area contributed by atoms with Gasteiger partial charge in [-0.1, -0.05) is 6.07 Å². The topological polar surface area (TPSA) is 111 Å². The summed E-state index contributed by atoms with van der Waals surface area (Å²) in [6.45, 7) is -0.183. The first kappa shape index (κ1) is 19.2. The van der Waals surface area contributed by atoms with Crippen LogP contribution in [-0.4, -0.2) is 55.3 Å². The fourth-order valence-corrected chi connectivity index (χ4v) is 3.62. The van der Waals surface area contributed by atoms with E-state index in [1.807, 2.05) is 0 Å². The van der Waals surface area contributed by atoms with Crippen molar-refractivity contribution in [3.63, 3.8) is 0 Å². The lowest BCUT2D eigenvalue weighted by Gasteiger charge is -2.15. The molecule has 0 spiro atoms. The van der Waals surface area contributed by atoms with Crippen LogP contribution in [0.5, 0.6) is 0 Å². The number of rotatable bonds is 5. The Morgan fingerprint density at radius 2 is 1.96 bits per heavy atom. The molecule has 10 heteroatoms. The van der Waals surface area contributed by atoms with Crippen LogP contribution in [0.4, 0.5) is 0 Å². The highest BCUT2D eigenvalue weighted by atomic mass is 79.9. The molecular formula is C17H16BrN5O3S. The van der Waals surface area contributed by atoms with Gasteiger partial charge in [-0.25, -0.2) is 9.97 Å². The highest BCUT2D eigenvalue weighted by molar-refractivity contribution is 9.10. The summed E-state index contributed by atoms with van der Waals surface area (Å²) in [7, 11) is 0.264. The zero-order valence-electron chi connectivity index (χ0n) is 14.5. The molecule has 1 atom stereocenters. The molecule has 2 heterocycles. The molecule has 3 rings (SSSR count). The number of likely N-dealkylation sites (N-methyl/N-ethyl adjacent to an activating group) is 1. The van der Waals surface area contributed by atoms with Crippen LogP contribution in [0.15, 0.2) is 46.2 Å². The summed E-state index contributed by atoms with van der Waals surface area (Å²) in [5, 5.41) is 0.733. The zero-order chi connectivity index (χ0) is 19.7. The molecular weight excluding hydrogens is 434 g/mol. The number of amides is 2. The number of hydrogen-bond acceptors (Lipinski definition) is 5. The Bertz CT molecular complexity index is 1060. The van der Waals surface area contributed by atoms with Crippen molar-refractivity contribution in [3.05, 3.63) is 46.8 Å². The molecule has 2 N–H and O–H groups in total. The summed E-state index contributed by atoms with van der Waals surface area (Å²) >= 11 is 3.29. The number of aromatic nitrogens is 3. The summed E-state index contributed by atoms with van der Waals surface area (Å²) in [4.78, 5) is 34.0. The van der Waals surface area contributed by atoms with Gasteiger partial charge in [0.25, 0.3) is 5.91 Å². The molecule has 1 unspecified atom stereocenters. The number of hydrogen-bond donors (Lipinski definition) is 1. The second-order valence-corrected chi connectivity index (χ2v) is 8.14. The second kappa shape index (κ2) is 7.57. The van der Waals surface area contributed by atoms with E-state index in [0.29, 0.717) is 21.9 Å². The lowest BCUT2D eigenvalue weighted by atomic mass is 10.1. The van der Waals surface area contributed by atoms with Crippen LogP contribution in [0.2, 0.25) is 0 Å². The van der Waals surface area contributed by atoms with E-state index >= 15 is 0 Å². The molecule has 140 valence electrons. The first-order valence-electron chi connectivity index (χ1n) is 7.78. The second-order valence-electron chi connectivity index (χ2n) is 5.88. The van der Waals surface area contributed by atoms with Gasteiger partial charge in [0.2, 0.25) is 11.9 Å². The molecule has 0 aliphatic carbocycles. The number of benzene rings is 1. The number of fused-ring (bicyclic) bond motifs is 1. The van der Waals surface area contributed by atoms with Crippen LogP contribution in [0.25, 0.3) is 16.9 Å². The quantitative estimate of drug-likeness (QED) is 0.633. The maximum Gasteiger partial charge on any atom is 0.254 e. The molecule has 0 saturated heterocycles. The zero-order valence-corrected chi connectivity index (χ0v) is 17.0. The van der Waals surface area contributed by atoms with E-state index in [9.17, 15) is 13.8 Å². The SMILES string of the molecule is CN(CC(N)=O)C(=O)c1ccc2c(S(C)=O)cn(-c3ncc(Br)cn3)c2c1. The summed E-state index contributed by atoms with van der Waals surface area (Å²) in [5.74, 6) is -0.559. The van der Waals surface area contributed by atoms with Crippen LogP contribution >= 0.6 is 15.9 Å². The highest BCUT2D eigenvalue weighted by Crippen LogP contribution is 2.27. The van der Waals surface area contributed by atoms with Crippen LogP contribution in [0, 0.1) is 0 Å². The average Bonchev–Trinajstić information content (AvgIpc) is 3.00. The van der Waals surface area contributed by atoms with Crippen molar-refractivity contribution in [1.29, 1.82) is 0 Å². The van der Waals surface area contributed by atoms with E-state index in [2.05, 4.69) is 25.9 Å². The first-order chi connectivity index (χ1) is 12.8. The third-order valence-corrected chi connectivity index (χ3v) is 5.24. The third-order valence-electron chi connectivity index (χ3n) is 3.89. The Labute approximate surface area is 166 Å². The summed E-state index contributed by atoms with van der Waals surface area (Å²) in [6, 6.07) is 5.02. The van der Waals surface area contributed by atoms with Crippen LogP contribution in [0.3, 0.4) is 0 Å². The van der Waals surface area contributed by atoms with Gasteiger partial charge in [0, 0.05) is 42.8 Å². The molecule has 0 saturated carbocycles. The molecule has 0 fully saturated rings. The number of carbonyl (C=O) groups is 2. The first-order valence-corrected chi connectivity index (χ1v) is 10.1. The Hall–Kier alpha value is -2.59. The summed E-state index contributed by atoms with van der Waals surface area (Å²) in [5.41, 5.74) is 6.17. The van der Waals surface area contributed by atoms with E-state index in [4.69, 9.17) is 5.73 Å². The van der Waals surface area contributed by atoms with E-state index in [1.165, 1.54) is 11.9 Å². The van der Waals surface area contributed by atoms with Crippen molar-refractivity contribution in [3.8, 4) is 5.95 Å². The Morgan fingerprint density at radius 1 is 1.30 bits per heavy atom. The minimum atomic E-state index is -1.24.